The molecule has 6 nitrogen and oxygen atoms in total. The van der Waals surface area contributed by atoms with Crippen molar-refractivity contribution in [1.29, 1.82) is 0 Å². The van der Waals surface area contributed by atoms with Gasteiger partial charge in [-0.05, 0) is 59.1 Å². The quantitative estimate of drug-likeness (QED) is 0.334. The Balaban J connectivity index is -0.000000232. The number of ether oxygens (including phenoxy) is 2. The fraction of sp³-hybridized carbons (Fsp3) is 0.462. The van der Waals surface area contributed by atoms with Crippen LogP contribution in [0.15, 0.2) is 48.5 Å². The van der Waals surface area contributed by atoms with E-state index >= 15 is 0 Å². The molecule has 0 amide bonds. The summed E-state index contributed by atoms with van der Waals surface area (Å²) in [5.41, 5.74) is 0.110. The van der Waals surface area contributed by atoms with E-state index < -0.39 is 24.3 Å². The fourth-order valence-corrected chi connectivity index (χ4v) is 2.02. The number of hydrogen-bond donors (Lipinski definition) is 2. The zero-order chi connectivity index (χ0) is 26.2. The molecule has 2 N–H and O–H groups in total. The molecule has 0 aliphatic rings. The molecule has 9 heteroatoms. The van der Waals surface area contributed by atoms with E-state index in [4.69, 9.17) is 19.5 Å². The topological polar surface area (TPSA) is 93.1 Å². The van der Waals surface area contributed by atoms with Crippen LogP contribution in [0.25, 0.3) is 0 Å². The summed E-state index contributed by atoms with van der Waals surface area (Å²) < 4.78 is 10.3. The minimum absolute atomic E-state index is 0. The summed E-state index contributed by atoms with van der Waals surface area (Å²) in [6.45, 7) is 18.9. The SMILES string of the molecule is CC.CC.CC(C)(C)OC(=O)c1c[c-]ccc1.CC(C)(C)OC(=O)c1cccc(B(O)O)c1.[Br-].[Mg+2]. The van der Waals surface area contributed by atoms with E-state index in [1.807, 2.05) is 48.5 Å². The van der Waals surface area contributed by atoms with E-state index in [1.54, 1.807) is 57.2 Å². The van der Waals surface area contributed by atoms with Crippen molar-refractivity contribution in [3.05, 3.63) is 65.7 Å². The molecule has 0 saturated carbocycles. The molecule has 0 spiro atoms. The number of benzene rings is 2. The molecule has 0 radical (unpaired) electrons. The molecule has 0 aliphatic carbocycles. The van der Waals surface area contributed by atoms with Crippen molar-refractivity contribution in [2.45, 2.75) is 80.4 Å². The van der Waals surface area contributed by atoms with Crippen molar-refractivity contribution in [2.24, 2.45) is 0 Å². The largest absolute Gasteiger partial charge is 2.00 e. The molecule has 0 atom stereocenters. The Labute approximate surface area is 238 Å². The molecule has 0 heterocycles. The molecular formula is C26H40BBrMgO6. The summed E-state index contributed by atoms with van der Waals surface area (Å²) in [5, 5.41) is 17.9. The molecule has 0 unspecified atom stereocenters. The maximum Gasteiger partial charge on any atom is 2.00 e. The van der Waals surface area contributed by atoms with E-state index in [2.05, 4.69) is 6.07 Å². The van der Waals surface area contributed by atoms with Crippen molar-refractivity contribution in [3.8, 4) is 0 Å². The number of rotatable bonds is 3. The van der Waals surface area contributed by atoms with Gasteiger partial charge in [0.25, 0.3) is 5.97 Å². The minimum atomic E-state index is -1.58. The third kappa shape index (κ3) is 20.5. The summed E-state index contributed by atoms with van der Waals surface area (Å²) in [6.07, 6.45) is 0. The molecule has 0 bridgehead atoms. The van der Waals surface area contributed by atoms with Crippen LogP contribution in [-0.4, -0.2) is 63.4 Å². The Morgan fingerprint density at radius 1 is 0.800 bits per heavy atom. The van der Waals surface area contributed by atoms with Gasteiger partial charge in [-0.25, -0.2) is 4.79 Å². The van der Waals surface area contributed by atoms with Crippen molar-refractivity contribution in [3.63, 3.8) is 0 Å². The second kappa shape index (κ2) is 20.8. The summed E-state index contributed by atoms with van der Waals surface area (Å²) in [5.74, 6) is -0.778. The van der Waals surface area contributed by atoms with Crippen molar-refractivity contribution < 1.29 is 46.1 Å². The van der Waals surface area contributed by atoms with Gasteiger partial charge in [-0.15, -0.1) is 0 Å². The van der Waals surface area contributed by atoms with Crippen LogP contribution in [0.4, 0.5) is 0 Å². The van der Waals surface area contributed by atoms with E-state index in [0.717, 1.165) is 0 Å². The molecule has 2 rings (SSSR count). The van der Waals surface area contributed by atoms with Crippen molar-refractivity contribution >= 4 is 47.6 Å². The van der Waals surface area contributed by atoms with E-state index in [0.29, 0.717) is 11.1 Å². The van der Waals surface area contributed by atoms with Gasteiger partial charge < -0.3 is 36.5 Å². The molecule has 0 aromatic heterocycles. The second-order valence-corrected chi connectivity index (χ2v) is 8.30. The van der Waals surface area contributed by atoms with E-state index in [1.165, 1.54) is 12.1 Å². The van der Waals surface area contributed by atoms with Crippen molar-refractivity contribution in [2.75, 3.05) is 0 Å². The Hall–Kier alpha value is -1.39. The molecule has 0 saturated heterocycles. The van der Waals surface area contributed by atoms with Gasteiger partial charge in [0.15, 0.2) is 0 Å². The normalized spacial score (nSPS) is 9.49. The Bertz CT molecular complexity index is 819. The molecule has 2 aromatic carbocycles. The zero-order valence-electron chi connectivity index (χ0n) is 22.8. The summed E-state index contributed by atoms with van der Waals surface area (Å²) in [4.78, 5) is 23.1. The fourth-order valence-electron chi connectivity index (χ4n) is 2.02. The molecule has 35 heavy (non-hydrogen) atoms. The predicted molar refractivity (Wildman–Crippen MR) is 140 cm³/mol. The first-order valence-electron chi connectivity index (χ1n) is 11.2. The molecule has 0 fully saturated rings. The van der Waals surface area contributed by atoms with Gasteiger partial charge in [-0.3, -0.25) is 4.79 Å². The molecular weight excluding hydrogens is 523 g/mol. The van der Waals surface area contributed by atoms with Crippen LogP contribution in [0, 0.1) is 6.07 Å². The maximum absolute atomic E-state index is 11.6. The van der Waals surface area contributed by atoms with Crippen LogP contribution < -0.4 is 22.4 Å². The van der Waals surface area contributed by atoms with Crippen LogP contribution in [0.3, 0.4) is 0 Å². The number of halogens is 1. The van der Waals surface area contributed by atoms with E-state index in [9.17, 15) is 9.59 Å². The number of carbonyl (C=O) groups is 2. The average molecular weight is 564 g/mol. The molecule has 0 aliphatic heterocycles. The minimum Gasteiger partial charge on any atom is -1.00 e. The van der Waals surface area contributed by atoms with Gasteiger partial charge in [0.2, 0.25) is 0 Å². The number of esters is 2. The van der Waals surface area contributed by atoms with Gasteiger partial charge in [0, 0.05) is 0 Å². The molecule has 192 valence electrons. The Morgan fingerprint density at radius 3 is 1.60 bits per heavy atom. The van der Waals surface area contributed by atoms with Crippen LogP contribution in [0.2, 0.25) is 0 Å². The second-order valence-electron chi connectivity index (χ2n) is 8.30. The van der Waals surface area contributed by atoms with Crippen LogP contribution in [0.5, 0.6) is 0 Å². The Morgan fingerprint density at radius 2 is 1.23 bits per heavy atom. The first kappa shape index (κ1) is 40.8. The van der Waals surface area contributed by atoms with E-state index in [-0.39, 0.29) is 51.5 Å². The third-order valence-electron chi connectivity index (χ3n) is 3.16. The summed E-state index contributed by atoms with van der Waals surface area (Å²) >= 11 is 0. The predicted octanol–water partition coefficient (Wildman–Crippen LogP) is 1.44. The number of hydrogen-bond acceptors (Lipinski definition) is 6. The first-order chi connectivity index (χ1) is 15.3. The van der Waals surface area contributed by atoms with Gasteiger partial charge in [0.05, 0.1) is 5.56 Å². The average Bonchev–Trinajstić information content (AvgIpc) is 2.75. The maximum atomic E-state index is 11.6. The monoisotopic (exact) mass is 562 g/mol. The first-order valence-corrected chi connectivity index (χ1v) is 11.2. The van der Waals surface area contributed by atoms with Gasteiger partial charge in [-0.2, -0.15) is 30.3 Å². The molecule has 2 aromatic rings. The van der Waals surface area contributed by atoms with Crippen LogP contribution >= 0.6 is 0 Å². The number of carbonyl (C=O) groups excluding carboxylic acids is 2. The standard InChI is InChI=1S/C11H15BO4.C11H13O2.2C2H6.BrH.Mg/c1-11(2,3)16-10(13)8-5-4-6-9(7-8)12(14)15;1-11(2,3)13-10(12)9-7-5-4-6-8-9;2*1-2;;/h4-7,14-15H,1-3H3;4-5,7-8H,1-3H3;2*1-2H3;1H;/q;-1;;;;+2/p-1. The van der Waals surface area contributed by atoms with Gasteiger partial charge >= 0.3 is 36.1 Å². The smallest absolute Gasteiger partial charge is 1.00 e. The third-order valence-corrected chi connectivity index (χ3v) is 3.16. The van der Waals surface area contributed by atoms with Gasteiger partial charge in [-0.1, -0.05) is 45.4 Å². The van der Waals surface area contributed by atoms with Gasteiger partial charge in [0.1, 0.15) is 11.2 Å². The van der Waals surface area contributed by atoms with Crippen molar-refractivity contribution in [1.82, 2.24) is 0 Å². The summed E-state index contributed by atoms with van der Waals surface area (Å²) in [7, 11) is -1.58. The zero-order valence-corrected chi connectivity index (χ0v) is 25.8. The summed E-state index contributed by atoms with van der Waals surface area (Å²) in [6, 6.07) is 15.7. The van der Waals surface area contributed by atoms with Crippen LogP contribution in [0.1, 0.15) is 90.0 Å². The van der Waals surface area contributed by atoms with Crippen LogP contribution in [-0.2, 0) is 9.47 Å². The Kier molecular flexibility index (Phi) is 24.2.